The van der Waals surface area contributed by atoms with E-state index >= 15 is 0 Å². The normalized spacial score (nSPS) is 14.9. The summed E-state index contributed by atoms with van der Waals surface area (Å²) in [7, 11) is -4.11. The number of aromatic nitrogens is 2. The number of nitrogens with one attached hydrogen (secondary N) is 4. The number of imidazole rings is 1. The van der Waals surface area contributed by atoms with E-state index in [1.807, 2.05) is 43.3 Å². The van der Waals surface area contributed by atoms with E-state index in [9.17, 15) is 23.1 Å². The van der Waals surface area contributed by atoms with Gasteiger partial charge in [-0.15, -0.1) is 0 Å². The third-order valence-electron chi connectivity index (χ3n) is 7.57. The van der Waals surface area contributed by atoms with Gasteiger partial charge in [0.05, 0.1) is 22.3 Å². The highest BCUT2D eigenvalue weighted by atomic mass is 32.2. The molecule has 0 spiro atoms. The fraction of sp³-hybridized carbons (Fsp3) is 0.323. The smallest absolute Gasteiger partial charge is 0.306 e. The SMILES string of the molecule is Cc1cc(C)c(S(=O)(=O)NC(CC(=O)O)NC(=O)c2ccc(N3CCC(Nc4nc5ccccc5[nH]4)CC3)cc2)c(C)c1. The summed E-state index contributed by atoms with van der Waals surface area (Å²) in [5.74, 6) is -1.06. The summed E-state index contributed by atoms with van der Waals surface area (Å²) in [4.78, 5) is 34.8. The number of aryl methyl sites for hydroxylation is 3. The van der Waals surface area contributed by atoms with Crippen molar-refractivity contribution in [3.63, 3.8) is 0 Å². The van der Waals surface area contributed by atoms with Crippen molar-refractivity contribution >= 4 is 44.6 Å². The number of carboxylic acids is 1. The van der Waals surface area contributed by atoms with Crippen molar-refractivity contribution in [2.75, 3.05) is 23.3 Å². The first-order valence-electron chi connectivity index (χ1n) is 14.2. The summed E-state index contributed by atoms with van der Waals surface area (Å²) in [6, 6.07) is 18.7. The number of anilines is 2. The molecule has 5 rings (SSSR count). The molecule has 1 amide bonds. The number of piperidine rings is 1. The van der Waals surface area contributed by atoms with E-state index in [0.717, 1.165) is 54.2 Å². The molecule has 4 aromatic rings. The van der Waals surface area contributed by atoms with Crippen LogP contribution in [-0.2, 0) is 14.8 Å². The molecular formula is C31H36N6O5S. The number of carbonyl (C=O) groups is 2. The number of carboxylic acid groups (broad SMARTS) is 1. The standard InChI is InChI=1S/C31H36N6O5S/c1-19-16-20(2)29(21(3)17-19)43(41,42)36-27(18-28(38)39)35-30(40)22-8-10-24(11-9-22)37-14-12-23(13-15-37)32-31-33-25-6-4-5-7-26(25)34-31/h4-11,16-17,23,27,36H,12-15,18H2,1-3H3,(H,35,40)(H,38,39)(H2,32,33,34). The van der Waals surface area contributed by atoms with E-state index in [4.69, 9.17) is 0 Å². The molecule has 1 fully saturated rings. The molecule has 1 unspecified atom stereocenters. The minimum absolute atomic E-state index is 0.0728. The number of para-hydroxylation sites is 2. The molecule has 5 N–H and O–H groups in total. The number of carbonyl (C=O) groups excluding carboxylic acids is 1. The minimum Gasteiger partial charge on any atom is -0.481 e. The lowest BCUT2D eigenvalue weighted by atomic mass is 10.0. The average molecular weight is 605 g/mol. The van der Waals surface area contributed by atoms with Crippen molar-refractivity contribution in [3.8, 4) is 0 Å². The number of hydrogen-bond acceptors (Lipinski definition) is 7. The summed E-state index contributed by atoms with van der Waals surface area (Å²) < 4.78 is 28.8. The van der Waals surface area contributed by atoms with Gasteiger partial charge >= 0.3 is 5.97 Å². The second kappa shape index (κ2) is 12.4. The van der Waals surface area contributed by atoms with E-state index in [-0.39, 0.29) is 10.9 Å². The highest BCUT2D eigenvalue weighted by molar-refractivity contribution is 7.89. The van der Waals surface area contributed by atoms with Crippen LogP contribution in [0.3, 0.4) is 0 Å². The monoisotopic (exact) mass is 604 g/mol. The molecule has 1 atom stereocenters. The number of benzene rings is 3. The number of fused-ring (bicyclic) bond motifs is 1. The predicted molar refractivity (Wildman–Crippen MR) is 166 cm³/mol. The number of hydrogen-bond donors (Lipinski definition) is 5. The maximum Gasteiger partial charge on any atom is 0.306 e. The number of aromatic amines is 1. The number of sulfonamides is 1. The fourth-order valence-corrected chi connectivity index (χ4v) is 7.30. The topological polar surface area (TPSA) is 157 Å². The van der Waals surface area contributed by atoms with E-state index < -0.39 is 34.5 Å². The Morgan fingerprint density at radius 3 is 2.30 bits per heavy atom. The summed E-state index contributed by atoms with van der Waals surface area (Å²) in [6.07, 6.45) is -0.135. The van der Waals surface area contributed by atoms with Crippen molar-refractivity contribution in [2.45, 2.75) is 57.1 Å². The number of rotatable bonds is 10. The predicted octanol–water partition coefficient (Wildman–Crippen LogP) is 4.08. The molecule has 0 saturated carbocycles. The number of aliphatic carboxylic acids is 1. The van der Waals surface area contributed by atoms with E-state index in [2.05, 4.69) is 30.2 Å². The molecule has 226 valence electrons. The van der Waals surface area contributed by atoms with Gasteiger partial charge in [-0.2, -0.15) is 4.72 Å². The highest BCUT2D eigenvalue weighted by Crippen LogP contribution is 2.24. The fourth-order valence-electron chi connectivity index (χ4n) is 5.70. The molecular weight excluding hydrogens is 568 g/mol. The van der Waals surface area contributed by atoms with Crippen LogP contribution in [-0.4, -0.2) is 60.7 Å². The van der Waals surface area contributed by atoms with Gasteiger partial charge in [-0.05, 0) is 81.1 Å². The molecule has 43 heavy (non-hydrogen) atoms. The third-order valence-corrected chi connectivity index (χ3v) is 9.35. The van der Waals surface area contributed by atoms with E-state index in [1.54, 1.807) is 38.1 Å². The Bertz CT molecular complexity index is 1690. The van der Waals surface area contributed by atoms with Crippen molar-refractivity contribution < 1.29 is 23.1 Å². The van der Waals surface area contributed by atoms with E-state index in [1.165, 1.54) is 0 Å². The Balaban J connectivity index is 1.19. The number of nitrogens with zero attached hydrogens (tertiary/aromatic N) is 2. The molecule has 1 aliphatic heterocycles. The average Bonchev–Trinajstić information content (AvgIpc) is 3.34. The van der Waals surface area contributed by atoms with Crippen molar-refractivity contribution in [2.24, 2.45) is 0 Å². The van der Waals surface area contributed by atoms with Gasteiger partial charge in [-0.25, -0.2) is 13.4 Å². The molecule has 0 aliphatic carbocycles. The Labute approximate surface area is 250 Å². The van der Waals surface area contributed by atoms with Gasteiger partial charge in [-0.1, -0.05) is 29.8 Å². The van der Waals surface area contributed by atoms with Gasteiger partial charge in [0.2, 0.25) is 16.0 Å². The summed E-state index contributed by atoms with van der Waals surface area (Å²) in [6.45, 7) is 6.88. The Kier molecular flexibility index (Phi) is 8.69. The highest BCUT2D eigenvalue weighted by Gasteiger charge is 2.27. The molecule has 2 heterocycles. The molecule has 0 radical (unpaired) electrons. The van der Waals surface area contributed by atoms with Crippen LogP contribution in [0.25, 0.3) is 11.0 Å². The van der Waals surface area contributed by atoms with Crippen LogP contribution in [0.15, 0.2) is 65.6 Å². The number of H-pyrrole nitrogens is 1. The Morgan fingerprint density at radius 2 is 1.67 bits per heavy atom. The maximum atomic E-state index is 13.2. The molecule has 1 aromatic heterocycles. The van der Waals surface area contributed by atoms with Gasteiger partial charge in [-0.3, -0.25) is 9.59 Å². The van der Waals surface area contributed by atoms with Crippen LogP contribution in [0.2, 0.25) is 0 Å². The van der Waals surface area contributed by atoms with Crippen LogP contribution in [0, 0.1) is 20.8 Å². The van der Waals surface area contributed by atoms with Gasteiger partial charge < -0.3 is 25.6 Å². The molecule has 3 aromatic carbocycles. The Morgan fingerprint density at radius 1 is 1.02 bits per heavy atom. The minimum atomic E-state index is -4.11. The first-order valence-corrected chi connectivity index (χ1v) is 15.7. The first-order chi connectivity index (χ1) is 20.5. The lowest BCUT2D eigenvalue weighted by molar-refractivity contribution is -0.137. The van der Waals surface area contributed by atoms with Gasteiger partial charge in [0, 0.05) is 30.4 Å². The number of amides is 1. The third kappa shape index (κ3) is 7.15. The molecule has 12 heteroatoms. The molecule has 0 bridgehead atoms. The lowest BCUT2D eigenvalue weighted by Crippen LogP contribution is -2.49. The quantitative estimate of drug-likeness (QED) is 0.170. The van der Waals surface area contributed by atoms with Crippen molar-refractivity contribution in [3.05, 3.63) is 82.9 Å². The van der Waals surface area contributed by atoms with Crippen LogP contribution in [0.5, 0.6) is 0 Å². The molecule has 1 aliphatic rings. The van der Waals surface area contributed by atoms with Crippen LogP contribution < -0.4 is 20.3 Å². The van der Waals surface area contributed by atoms with Crippen LogP contribution in [0.1, 0.15) is 46.3 Å². The zero-order valence-electron chi connectivity index (χ0n) is 24.3. The van der Waals surface area contributed by atoms with Crippen LogP contribution in [0.4, 0.5) is 11.6 Å². The van der Waals surface area contributed by atoms with Gasteiger partial charge in [0.15, 0.2) is 0 Å². The lowest BCUT2D eigenvalue weighted by Gasteiger charge is -2.34. The summed E-state index contributed by atoms with van der Waals surface area (Å²) in [5, 5.41) is 15.4. The summed E-state index contributed by atoms with van der Waals surface area (Å²) in [5.41, 5.74) is 5.17. The maximum absolute atomic E-state index is 13.2. The largest absolute Gasteiger partial charge is 0.481 e. The molecule has 1 saturated heterocycles. The van der Waals surface area contributed by atoms with Gasteiger partial charge in [0.1, 0.15) is 6.17 Å². The second-order valence-corrected chi connectivity index (χ2v) is 12.7. The zero-order chi connectivity index (χ0) is 30.7. The second-order valence-electron chi connectivity index (χ2n) is 11.0. The zero-order valence-corrected chi connectivity index (χ0v) is 25.2. The molecule has 11 nitrogen and oxygen atoms in total. The first kappa shape index (κ1) is 30.1. The van der Waals surface area contributed by atoms with Crippen molar-refractivity contribution in [1.82, 2.24) is 20.0 Å². The Hall–Kier alpha value is -4.42. The van der Waals surface area contributed by atoms with Gasteiger partial charge in [0.25, 0.3) is 5.91 Å². The van der Waals surface area contributed by atoms with Crippen LogP contribution >= 0.6 is 0 Å². The summed E-state index contributed by atoms with van der Waals surface area (Å²) >= 11 is 0. The van der Waals surface area contributed by atoms with Crippen molar-refractivity contribution in [1.29, 1.82) is 0 Å². The van der Waals surface area contributed by atoms with E-state index in [0.29, 0.717) is 16.7 Å².